The Balaban J connectivity index is 1.96. The van der Waals surface area contributed by atoms with E-state index in [1.54, 1.807) is 37.8 Å². The number of hydrogen-bond acceptors (Lipinski definition) is 6. The minimum absolute atomic E-state index is 0.208. The first-order valence-corrected chi connectivity index (χ1v) is 8.48. The quantitative estimate of drug-likeness (QED) is 0.917. The Hall–Kier alpha value is -2.06. The van der Waals surface area contributed by atoms with E-state index in [0.29, 0.717) is 18.1 Å². The molecule has 1 aliphatic heterocycles. The predicted molar refractivity (Wildman–Crippen MR) is 81.7 cm³/mol. The van der Waals surface area contributed by atoms with Crippen molar-refractivity contribution in [3.63, 3.8) is 0 Å². The molecule has 0 radical (unpaired) electrons. The van der Waals surface area contributed by atoms with Crippen molar-refractivity contribution in [3.05, 3.63) is 42.6 Å². The van der Waals surface area contributed by atoms with Crippen LogP contribution in [0.2, 0.25) is 0 Å². The molecule has 2 aromatic heterocycles. The molecule has 22 heavy (non-hydrogen) atoms. The number of rotatable bonds is 4. The summed E-state index contributed by atoms with van der Waals surface area (Å²) in [6.45, 7) is 0.480. The Kier molecular flexibility index (Phi) is 4.04. The van der Waals surface area contributed by atoms with Crippen molar-refractivity contribution in [2.75, 3.05) is 18.9 Å². The largest absolute Gasteiger partial charge is 0.372 e. The number of pyridine rings is 1. The van der Waals surface area contributed by atoms with E-state index in [-0.39, 0.29) is 10.9 Å². The summed E-state index contributed by atoms with van der Waals surface area (Å²) in [6, 6.07) is 2.90. The summed E-state index contributed by atoms with van der Waals surface area (Å²) in [5.41, 5.74) is 0.664. The Morgan fingerprint density at radius 2 is 2.14 bits per heavy atom. The topological polar surface area (TPSA) is 88.1 Å². The monoisotopic (exact) mass is 319 g/mol. The fourth-order valence-corrected chi connectivity index (χ4v) is 4.25. The molecular weight excluding hydrogens is 302 g/mol. The Bertz CT molecular complexity index is 751. The highest BCUT2D eigenvalue weighted by molar-refractivity contribution is 7.89. The maximum Gasteiger partial charge on any atom is 0.245 e. The maximum absolute atomic E-state index is 12.8. The molecule has 1 saturated heterocycles. The van der Waals surface area contributed by atoms with E-state index >= 15 is 0 Å². The van der Waals surface area contributed by atoms with Gasteiger partial charge in [0.15, 0.2) is 0 Å². The average molecular weight is 319 g/mol. The number of sulfonamides is 1. The standard InChI is InChI=1S/C14H17N5O2S/c1-15-14-10-17-9-12(18-14)13-5-3-7-19(13)22(20,21)11-4-2-6-16-8-11/h2,4,6,8-10,13H,3,5,7H2,1H3,(H,15,18)/t13-/m0/s1. The summed E-state index contributed by atoms with van der Waals surface area (Å²) in [5.74, 6) is 0.628. The fourth-order valence-electron chi connectivity index (χ4n) is 2.62. The lowest BCUT2D eigenvalue weighted by atomic mass is 10.2. The van der Waals surface area contributed by atoms with Crippen molar-refractivity contribution < 1.29 is 8.42 Å². The first-order chi connectivity index (χ1) is 10.6. The van der Waals surface area contributed by atoms with Crippen LogP contribution in [0, 0.1) is 0 Å². The second-order valence-electron chi connectivity index (χ2n) is 5.04. The summed E-state index contributed by atoms with van der Waals surface area (Å²) in [4.78, 5) is 12.7. The Morgan fingerprint density at radius 3 is 2.86 bits per heavy atom. The van der Waals surface area contributed by atoms with Gasteiger partial charge in [0, 0.05) is 26.0 Å². The molecule has 3 heterocycles. The van der Waals surface area contributed by atoms with Gasteiger partial charge in [-0.1, -0.05) is 0 Å². The number of nitrogens with zero attached hydrogens (tertiary/aromatic N) is 4. The van der Waals surface area contributed by atoms with Gasteiger partial charge in [-0.2, -0.15) is 4.31 Å². The van der Waals surface area contributed by atoms with Crippen LogP contribution >= 0.6 is 0 Å². The van der Waals surface area contributed by atoms with Crippen molar-refractivity contribution in [1.82, 2.24) is 19.3 Å². The molecule has 0 aromatic carbocycles. The van der Waals surface area contributed by atoms with Crippen LogP contribution in [-0.2, 0) is 10.0 Å². The van der Waals surface area contributed by atoms with Gasteiger partial charge >= 0.3 is 0 Å². The molecule has 7 nitrogen and oxygen atoms in total. The predicted octanol–water partition coefficient (Wildman–Crippen LogP) is 1.44. The molecule has 1 fully saturated rings. The molecular formula is C14H17N5O2S. The van der Waals surface area contributed by atoms with Gasteiger partial charge in [-0.3, -0.25) is 9.97 Å². The van der Waals surface area contributed by atoms with Crippen LogP contribution in [-0.4, -0.2) is 41.3 Å². The lowest BCUT2D eigenvalue weighted by Gasteiger charge is -2.23. The minimum atomic E-state index is -3.57. The van der Waals surface area contributed by atoms with Crippen molar-refractivity contribution in [3.8, 4) is 0 Å². The zero-order valence-electron chi connectivity index (χ0n) is 12.2. The van der Waals surface area contributed by atoms with Crippen molar-refractivity contribution in [2.24, 2.45) is 0 Å². The van der Waals surface area contributed by atoms with E-state index in [9.17, 15) is 8.42 Å². The highest BCUT2D eigenvalue weighted by Gasteiger charge is 2.37. The molecule has 0 unspecified atom stereocenters. The van der Waals surface area contributed by atoms with Crippen LogP contribution < -0.4 is 5.32 Å². The van der Waals surface area contributed by atoms with Gasteiger partial charge in [-0.25, -0.2) is 13.4 Å². The summed E-state index contributed by atoms with van der Waals surface area (Å²) in [7, 11) is -1.82. The first-order valence-electron chi connectivity index (χ1n) is 7.04. The smallest absolute Gasteiger partial charge is 0.245 e. The molecule has 0 saturated carbocycles. The average Bonchev–Trinajstić information content (AvgIpc) is 3.06. The number of hydrogen-bond donors (Lipinski definition) is 1. The molecule has 3 rings (SSSR count). The highest BCUT2D eigenvalue weighted by Crippen LogP contribution is 2.35. The normalized spacial score (nSPS) is 19.2. The van der Waals surface area contributed by atoms with Crippen LogP contribution in [0.25, 0.3) is 0 Å². The van der Waals surface area contributed by atoms with Crippen LogP contribution in [0.5, 0.6) is 0 Å². The lowest BCUT2D eigenvalue weighted by Crippen LogP contribution is -2.31. The zero-order valence-corrected chi connectivity index (χ0v) is 13.0. The summed E-state index contributed by atoms with van der Waals surface area (Å²) >= 11 is 0. The van der Waals surface area contributed by atoms with Crippen molar-refractivity contribution >= 4 is 15.8 Å². The second kappa shape index (κ2) is 5.98. The summed E-state index contributed by atoms with van der Waals surface area (Å²) < 4.78 is 27.1. The molecule has 8 heteroatoms. The lowest BCUT2D eigenvalue weighted by molar-refractivity contribution is 0.390. The first kappa shape index (κ1) is 14.9. The molecule has 1 N–H and O–H groups in total. The van der Waals surface area contributed by atoms with E-state index in [1.807, 2.05) is 0 Å². The van der Waals surface area contributed by atoms with Crippen LogP contribution in [0.1, 0.15) is 24.6 Å². The van der Waals surface area contributed by atoms with Gasteiger partial charge in [0.05, 0.1) is 24.1 Å². The molecule has 0 spiro atoms. The zero-order chi connectivity index (χ0) is 15.6. The third-order valence-corrected chi connectivity index (χ3v) is 5.59. The molecule has 0 bridgehead atoms. The molecule has 1 atom stereocenters. The van der Waals surface area contributed by atoms with Crippen LogP contribution in [0.15, 0.2) is 41.8 Å². The highest BCUT2D eigenvalue weighted by atomic mass is 32.2. The number of aromatic nitrogens is 3. The van der Waals surface area contributed by atoms with Gasteiger partial charge in [-0.15, -0.1) is 0 Å². The van der Waals surface area contributed by atoms with E-state index < -0.39 is 10.0 Å². The van der Waals surface area contributed by atoms with Crippen LogP contribution in [0.3, 0.4) is 0 Å². The Labute approximate surface area is 129 Å². The molecule has 116 valence electrons. The van der Waals surface area contributed by atoms with E-state index in [0.717, 1.165) is 12.8 Å². The van der Waals surface area contributed by atoms with Gasteiger partial charge < -0.3 is 5.32 Å². The van der Waals surface area contributed by atoms with Crippen molar-refractivity contribution in [1.29, 1.82) is 0 Å². The third-order valence-electron chi connectivity index (χ3n) is 3.70. The van der Waals surface area contributed by atoms with Gasteiger partial charge in [0.2, 0.25) is 10.0 Å². The molecule has 2 aromatic rings. The fraction of sp³-hybridized carbons (Fsp3) is 0.357. The van der Waals surface area contributed by atoms with Crippen LogP contribution in [0.4, 0.5) is 5.82 Å². The van der Waals surface area contributed by atoms with E-state index in [1.165, 1.54) is 10.5 Å². The molecule has 1 aliphatic rings. The van der Waals surface area contributed by atoms with Gasteiger partial charge in [0.1, 0.15) is 10.7 Å². The SMILES string of the molecule is CNc1cncc([C@@H]2CCCN2S(=O)(=O)c2cccnc2)n1. The summed E-state index contributed by atoms with van der Waals surface area (Å²) in [6.07, 6.45) is 7.71. The maximum atomic E-state index is 12.8. The number of anilines is 1. The second-order valence-corrected chi connectivity index (χ2v) is 6.93. The Morgan fingerprint density at radius 1 is 1.27 bits per heavy atom. The van der Waals surface area contributed by atoms with E-state index in [4.69, 9.17) is 0 Å². The minimum Gasteiger partial charge on any atom is -0.372 e. The van der Waals surface area contributed by atoms with E-state index in [2.05, 4.69) is 20.3 Å². The van der Waals surface area contributed by atoms with Gasteiger partial charge in [-0.05, 0) is 25.0 Å². The molecule has 0 aliphatic carbocycles. The van der Waals surface area contributed by atoms with Crippen molar-refractivity contribution in [2.45, 2.75) is 23.8 Å². The third kappa shape index (κ3) is 2.67. The number of nitrogens with one attached hydrogen (secondary N) is 1. The summed E-state index contributed by atoms with van der Waals surface area (Å²) in [5, 5.41) is 2.92. The molecule has 0 amide bonds. The van der Waals surface area contributed by atoms with Gasteiger partial charge in [0.25, 0.3) is 0 Å².